The third-order valence-electron chi connectivity index (χ3n) is 1.36. The van der Waals surface area contributed by atoms with E-state index in [0.29, 0.717) is 5.92 Å². The van der Waals surface area contributed by atoms with Crippen molar-refractivity contribution in [2.24, 2.45) is 5.92 Å². The first kappa shape index (κ1) is 7.19. The van der Waals surface area contributed by atoms with Crippen LogP contribution in [0.3, 0.4) is 0 Å². The first-order valence-electron chi connectivity index (χ1n) is 3.60. The maximum absolute atomic E-state index is 3.74. The van der Waals surface area contributed by atoms with Gasteiger partial charge in [-0.15, -0.1) is 0 Å². The summed E-state index contributed by atoms with van der Waals surface area (Å²) in [6, 6.07) is 0. The van der Waals surface area contributed by atoms with Crippen molar-refractivity contribution >= 4 is 0 Å². The lowest BCUT2D eigenvalue weighted by molar-refractivity contribution is 0.625. The molecule has 10 heavy (non-hydrogen) atoms. The Hall–Kier alpha value is -0.920. The minimum atomic E-state index is 0.700. The summed E-state index contributed by atoms with van der Waals surface area (Å²) in [6.07, 6.45) is 3.06. The van der Waals surface area contributed by atoms with E-state index in [1.54, 1.807) is 0 Å². The van der Waals surface area contributed by atoms with Gasteiger partial charge in [-0.2, -0.15) is 0 Å². The largest absolute Gasteiger partial charge is 0.347 e. The molecule has 2 heteroatoms. The van der Waals surface area contributed by atoms with Gasteiger partial charge in [0.15, 0.2) is 0 Å². The van der Waals surface area contributed by atoms with Gasteiger partial charge >= 0.3 is 0 Å². The standard InChI is InChI=1S/C8H14N2/c1-6(2)4-8-5-9-7(3)10-8/h5-6,9-10H,3-4H2,1-2H3. The predicted molar refractivity (Wildman–Crippen MR) is 42.9 cm³/mol. The number of hydrogen-bond donors (Lipinski definition) is 2. The lowest BCUT2D eigenvalue weighted by Gasteiger charge is -2.05. The molecule has 0 aromatic rings. The summed E-state index contributed by atoms with van der Waals surface area (Å²) in [7, 11) is 0. The zero-order chi connectivity index (χ0) is 7.56. The number of allylic oxidation sites excluding steroid dienone is 1. The first-order valence-corrected chi connectivity index (χ1v) is 3.60. The molecule has 2 N–H and O–H groups in total. The molecule has 1 heterocycles. The second-order valence-corrected chi connectivity index (χ2v) is 3.02. The van der Waals surface area contributed by atoms with Gasteiger partial charge in [0.1, 0.15) is 0 Å². The molecule has 0 amide bonds. The van der Waals surface area contributed by atoms with Crippen molar-refractivity contribution in [3.63, 3.8) is 0 Å². The average Bonchev–Trinajstić information content (AvgIpc) is 2.13. The van der Waals surface area contributed by atoms with Crippen molar-refractivity contribution in [3.05, 3.63) is 24.3 Å². The lowest BCUT2D eigenvalue weighted by Crippen LogP contribution is -2.11. The van der Waals surface area contributed by atoms with Gasteiger partial charge < -0.3 is 10.6 Å². The number of rotatable bonds is 2. The van der Waals surface area contributed by atoms with Crippen LogP contribution in [0.5, 0.6) is 0 Å². The van der Waals surface area contributed by atoms with E-state index in [4.69, 9.17) is 0 Å². The zero-order valence-electron chi connectivity index (χ0n) is 6.57. The van der Waals surface area contributed by atoms with Crippen molar-refractivity contribution in [1.29, 1.82) is 0 Å². The van der Waals surface area contributed by atoms with Crippen LogP contribution in [0.25, 0.3) is 0 Å². The van der Waals surface area contributed by atoms with Crippen LogP contribution in [-0.2, 0) is 0 Å². The van der Waals surface area contributed by atoms with Crippen molar-refractivity contribution < 1.29 is 0 Å². The van der Waals surface area contributed by atoms with Gasteiger partial charge in [-0.25, -0.2) is 0 Å². The highest BCUT2D eigenvalue weighted by Gasteiger charge is 2.06. The van der Waals surface area contributed by atoms with Crippen LogP contribution in [0, 0.1) is 5.92 Å². The van der Waals surface area contributed by atoms with E-state index in [0.717, 1.165) is 12.2 Å². The van der Waals surface area contributed by atoms with Gasteiger partial charge in [0, 0.05) is 11.9 Å². The van der Waals surface area contributed by atoms with Crippen LogP contribution < -0.4 is 10.6 Å². The Kier molecular flexibility index (Phi) is 2.00. The molecule has 1 aliphatic rings. The summed E-state index contributed by atoms with van der Waals surface area (Å²) < 4.78 is 0. The molecule has 0 aliphatic carbocycles. The second-order valence-electron chi connectivity index (χ2n) is 3.02. The van der Waals surface area contributed by atoms with Gasteiger partial charge in [0.25, 0.3) is 0 Å². The Balaban J connectivity index is 2.37. The molecule has 0 aromatic carbocycles. The Morgan fingerprint density at radius 1 is 1.60 bits per heavy atom. The quantitative estimate of drug-likeness (QED) is 0.604. The molecule has 0 saturated carbocycles. The van der Waals surface area contributed by atoms with Crippen molar-refractivity contribution in [1.82, 2.24) is 10.6 Å². The van der Waals surface area contributed by atoms with E-state index in [2.05, 4.69) is 31.1 Å². The molecule has 56 valence electrons. The zero-order valence-corrected chi connectivity index (χ0v) is 6.57. The highest BCUT2D eigenvalue weighted by molar-refractivity contribution is 5.16. The molecule has 0 unspecified atom stereocenters. The van der Waals surface area contributed by atoms with E-state index < -0.39 is 0 Å². The molecule has 2 nitrogen and oxygen atoms in total. The SMILES string of the molecule is C=C1NC=C(CC(C)C)N1. The van der Waals surface area contributed by atoms with E-state index in [1.807, 2.05) is 6.20 Å². The highest BCUT2D eigenvalue weighted by Crippen LogP contribution is 2.10. The Morgan fingerprint density at radius 2 is 2.30 bits per heavy atom. The van der Waals surface area contributed by atoms with Crippen LogP contribution in [0.2, 0.25) is 0 Å². The van der Waals surface area contributed by atoms with Crippen LogP contribution in [0.15, 0.2) is 24.3 Å². The van der Waals surface area contributed by atoms with Gasteiger partial charge in [-0.3, -0.25) is 0 Å². The summed E-state index contributed by atoms with van der Waals surface area (Å²) >= 11 is 0. The molecule has 0 atom stereocenters. The second kappa shape index (κ2) is 2.78. The normalized spacial score (nSPS) is 16.7. The third-order valence-corrected chi connectivity index (χ3v) is 1.36. The average molecular weight is 138 g/mol. The monoisotopic (exact) mass is 138 g/mol. The summed E-state index contributed by atoms with van der Waals surface area (Å²) in [5.74, 6) is 1.59. The maximum atomic E-state index is 3.74. The van der Waals surface area contributed by atoms with E-state index in [1.165, 1.54) is 5.70 Å². The molecular formula is C8H14N2. The lowest BCUT2D eigenvalue weighted by atomic mass is 10.1. The van der Waals surface area contributed by atoms with E-state index >= 15 is 0 Å². The minimum Gasteiger partial charge on any atom is -0.347 e. The van der Waals surface area contributed by atoms with Gasteiger partial charge in [0.2, 0.25) is 0 Å². The molecule has 0 bridgehead atoms. The summed E-state index contributed by atoms with van der Waals surface area (Å²) in [4.78, 5) is 0. The molecule has 0 saturated heterocycles. The van der Waals surface area contributed by atoms with Crippen LogP contribution in [-0.4, -0.2) is 0 Å². The molecule has 0 fully saturated rings. The van der Waals surface area contributed by atoms with Crippen LogP contribution >= 0.6 is 0 Å². The highest BCUT2D eigenvalue weighted by atomic mass is 15.1. The fourth-order valence-corrected chi connectivity index (χ4v) is 0.990. The third kappa shape index (κ3) is 1.79. The maximum Gasteiger partial charge on any atom is 0.0995 e. The van der Waals surface area contributed by atoms with Gasteiger partial charge in [-0.1, -0.05) is 20.4 Å². The minimum absolute atomic E-state index is 0.700. The summed E-state index contributed by atoms with van der Waals surface area (Å²) in [5, 5.41) is 6.15. The van der Waals surface area contributed by atoms with Crippen LogP contribution in [0.1, 0.15) is 20.3 Å². The smallest absolute Gasteiger partial charge is 0.0995 e. The van der Waals surface area contributed by atoms with E-state index in [9.17, 15) is 0 Å². The Bertz CT molecular complexity index is 168. The fraction of sp³-hybridized carbons (Fsp3) is 0.500. The molecule has 0 aromatic heterocycles. The van der Waals surface area contributed by atoms with Crippen molar-refractivity contribution in [2.75, 3.05) is 0 Å². The first-order chi connectivity index (χ1) is 4.68. The Morgan fingerprint density at radius 3 is 2.70 bits per heavy atom. The predicted octanol–water partition coefficient (Wildman–Crippen LogP) is 1.54. The van der Waals surface area contributed by atoms with E-state index in [-0.39, 0.29) is 0 Å². The topological polar surface area (TPSA) is 24.1 Å². The summed E-state index contributed by atoms with van der Waals surface area (Å²) in [6.45, 7) is 8.13. The van der Waals surface area contributed by atoms with Crippen molar-refractivity contribution in [2.45, 2.75) is 20.3 Å². The number of nitrogens with one attached hydrogen (secondary N) is 2. The molecule has 1 rings (SSSR count). The fourth-order valence-electron chi connectivity index (χ4n) is 0.990. The summed E-state index contributed by atoms with van der Waals surface area (Å²) in [5.41, 5.74) is 1.24. The molecule has 1 aliphatic heterocycles. The number of hydrogen-bond acceptors (Lipinski definition) is 2. The molecule has 0 spiro atoms. The van der Waals surface area contributed by atoms with Gasteiger partial charge in [-0.05, 0) is 12.3 Å². The molecule has 0 radical (unpaired) electrons. The van der Waals surface area contributed by atoms with Gasteiger partial charge in [0.05, 0.1) is 5.82 Å². The Labute approximate surface area is 62.0 Å². The van der Waals surface area contributed by atoms with Crippen LogP contribution in [0.4, 0.5) is 0 Å². The molecular weight excluding hydrogens is 124 g/mol. The van der Waals surface area contributed by atoms with Crippen molar-refractivity contribution in [3.8, 4) is 0 Å².